The van der Waals surface area contributed by atoms with E-state index in [0.29, 0.717) is 6.42 Å². The largest absolute Gasteiger partial charge is 0.493 e. The summed E-state index contributed by atoms with van der Waals surface area (Å²) in [6.45, 7) is 1.42. The van der Waals surface area contributed by atoms with Gasteiger partial charge in [-0.15, -0.1) is 0 Å². The fraction of sp³-hybridized carbons (Fsp3) is 0.500. The Morgan fingerprint density at radius 1 is 1.26 bits per heavy atom. The van der Waals surface area contributed by atoms with Gasteiger partial charge in [0, 0.05) is 31.4 Å². The number of fused-ring (bicyclic) bond motifs is 1. The smallest absolute Gasteiger partial charge is 0.316 e. The van der Waals surface area contributed by atoms with Gasteiger partial charge >= 0.3 is 6.01 Å². The number of rotatable bonds is 5. The second-order valence-electron chi connectivity index (χ2n) is 8.53. The van der Waals surface area contributed by atoms with Crippen LogP contribution in [0.25, 0.3) is 0 Å². The second-order valence-corrected chi connectivity index (χ2v) is 11.0. The number of likely N-dealkylation sites (tertiary alicyclic amines) is 1. The minimum atomic E-state index is -3.29. The van der Waals surface area contributed by atoms with Crippen LogP contribution in [-0.2, 0) is 27.5 Å². The van der Waals surface area contributed by atoms with E-state index in [-0.39, 0.29) is 49.7 Å². The van der Waals surface area contributed by atoms with Crippen molar-refractivity contribution in [3.05, 3.63) is 47.8 Å². The van der Waals surface area contributed by atoms with Crippen molar-refractivity contribution < 1.29 is 22.7 Å². The minimum Gasteiger partial charge on any atom is -0.493 e. The zero-order chi connectivity index (χ0) is 21.5. The molecule has 0 N–H and O–H groups in total. The number of aromatic nitrogens is 2. The first-order valence-electron chi connectivity index (χ1n) is 10.6. The number of carbonyl (C=O) groups is 1. The molecule has 2 fully saturated rings. The number of hydrogen-bond acceptors (Lipinski definition) is 7. The Hall–Kier alpha value is -2.68. The molecule has 3 aliphatic rings. The van der Waals surface area contributed by atoms with Gasteiger partial charge in [-0.3, -0.25) is 4.79 Å². The van der Waals surface area contributed by atoms with Gasteiger partial charge in [0.25, 0.3) is 0 Å². The Bertz CT molecular complexity index is 1080. The summed E-state index contributed by atoms with van der Waals surface area (Å²) in [5.41, 5.74) is 2.07. The predicted octanol–water partition coefficient (Wildman–Crippen LogP) is 1.44. The van der Waals surface area contributed by atoms with Crippen LogP contribution in [0.5, 0.6) is 11.8 Å². The third-order valence-corrected chi connectivity index (χ3v) is 9.26. The maximum absolute atomic E-state index is 12.8. The summed E-state index contributed by atoms with van der Waals surface area (Å²) >= 11 is 0. The van der Waals surface area contributed by atoms with E-state index in [2.05, 4.69) is 9.97 Å². The van der Waals surface area contributed by atoms with Crippen LogP contribution >= 0.6 is 0 Å². The van der Waals surface area contributed by atoms with Crippen molar-refractivity contribution in [1.82, 2.24) is 14.9 Å². The molecule has 1 aromatic heterocycles. The lowest BCUT2D eigenvalue weighted by Gasteiger charge is -2.49. The average Bonchev–Trinajstić information content (AvgIpc) is 3.02. The molecule has 164 valence electrons. The topological polar surface area (TPSA) is 98.7 Å². The van der Waals surface area contributed by atoms with Crippen molar-refractivity contribution in [2.45, 2.75) is 30.4 Å². The highest BCUT2D eigenvalue weighted by Crippen LogP contribution is 2.45. The minimum absolute atomic E-state index is 0.0459. The molecule has 0 aliphatic carbocycles. The number of ether oxygens (including phenoxy) is 2. The molecule has 9 heteroatoms. The van der Waals surface area contributed by atoms with Crippen LogP contribution in [0.15, 0.2) is 36.7 Å². The first-order valence-corrected chi connectivity index (χ1v) is 12.3. The second kappa shape index (κ2) is 7.78. The van der Waals surface area contributed by atoms with E-state index >= 15 is 0 Å². The van der Waals surface area contributed by atoms with Crippen LogP contribution in [0.3, 0.4) is 0 Å². The molecular weight excluding hydrogens is 418 g/mol. The summed E-state index contributed by atoms with van der Waals surface area (Å²) in [6.07, 6.45) is 5.90. The van der Waals surface area contributed by atoms with Gasteiger partial charge in [0.2, 0.25) is 5.91 Å². The lowest BCUT2D eigenvalue weighted by molar-refractivity contribution is -0.136. The summed E-state index contributed by atoms with van der Waals surface area (Å²) in [5.74, 6) is 0.804. The number of sulfone groups is 1. The Morgan fingerprint density at radius 2 is 2.06 bits per heavy atom. The molecule has 3 aliphatic heterocycles. The molecule has 0 unspecified atom stereocenters. The molecule has 1 atom stereocenters. The number of benzene rings is 1. The lowest BCUT2D eigenvalue weighted by Crippen LogP contribution is -2.69. The summed E-state index contributed by atoms with van der Waals surface area (Å²) in [5, 5.41) is 0. The number of hydrogen-bond donors (Lipinski definition) is 0. The van der Waals surface area contributed by atoms with E-state index in [4.69, 9.17) is 9.47 Å². The van der Waals surface area contributed by atoms with E-state index in [1.54, 1.807) is 23.4 Å². The van der Waals surface area contributed by atoms with E-state index in [1.807, 2.05) is 18.2 Å². The summed E-state index contributed by atoms with van der Waals surface area (Å²) < 4.78 is 36.0. The molecule has 31 heavy (non-hydrogen) atoms. The van der Waals surface area contributed by atoms with Crippen molar-refractivity contribution in [3.63, 3.8) is 0 Å². The number of nitrogens with zero attached hydrogens (tertiary/aromatic N) is 3. The van der Waals surface area contributed by atoms with Gasteiger partial charge < -0.3 is 14.4 Å². The van der Waals surface area contributed by atoms with Crippen LogP contribution in [0, 0.1) is 5.92 Å². The van der Waals surface area contributed by atoms with E-state index in [1.165, 1.54) is 0 Å². The molecule has 5 rings (SSSR count). The monoisotopic (exact) mass is 443 g/mol. The molecule has 1 spiro atoms. The maximum atomic E-state index is 12.8. The zero-order valence-electron chi connectivity index (χ0n) is 17.2. The SMILES string of the molecule is O=C(Cc1ccc2c(c1)CCCO2)N1CC2(C1)[C@@H](COc1ncccn1)CCS2(=O)=O. The summed E-state index contributed by atoms with van der Waals surface area (Å²) in [6, 6.07) is 7.81. The highest BCUT2D eigenvalue weighted by Gasteiger charge is 2.62. The molecule has 8 nitrogen and oxygen atoms in total. The molecular formula is C22H25N3O5S. The average molecular weight is 444 g/mol. The van der Waals surface area contributed by atoms with Gasteiger partial charge in [-0.2, -0.15) is 0 Å². The fourth-order valence-corrected chi connectivity index (χ4v) is 7.23. The van der Waals surface area contributed by atoms with Crippen LogP contribution in [0.4, 0.5) is 0 Å². The molecule has 2 aromatic rings. The van der Waals surface area contributed by atoms with Crippen LogP contribution in [0.2, 0.25) is 0 Å². The van der Waals surface area contributed by atoms with Crippen molar-refractivity contribution in [2.24, 2.45) is 5.92 Å². The van der Waals surface area contributed by atoms with Gasteiger partial charge in [0.15, 0.2) is 9.84 Å². The molecule has 0 radical (unpaired) electrons. The molecule has 4 heterocycles. The Balaban J connectivity index is 1.24. The van der Waals surface area contributed by atoms with Gasteiger partial charge in [0.1, 0.15) is 10.5 Å². The molecule has 0 bridgehead atoms. The molecule has 1 aromatic carbocycles. The third kappa shape index (κ3) is 3.64. The molecule has 0 saturated carbocycles. The highest BCUT2D eigenvalue weighted by atomic mass is 32.2. The lowest BCUT2D eigenvalue weighted by atomic mass is 9.83. The molecule has 2 saturated heterocycles. The maximum Gasteiger partial charge on any atom is 0.316 e. The number of carbonyl (C=O) groups excluding carboxylic acids is 1. The van der Waals surface area contributed by atoms with E-state index in [9.17, 15) is 13.2 Å². The quantitative estimate of drug-likeness (QED) is 0.689. The molecule has 1 amide bonds. The van der Waals surface area contributed by atoms with E-state index in [0.717, 1.165) is 36.3 Å². The normalized spacial score (nSPS) is 23.0. The van der Waals surface area contributed by atoms with Crippen molar-refractivity contribution in [3.8, 4) is 11.8 Å². The zero-order valence-corrected chi connectivity index (χ0v) is 18.0. The van der Waals surface area contributed by atoms with Crippen molar-refractivity contribution in [2.75, 3.05) is 32.1 Å². The Labute approximate surface area is 181 Å². The van der Waals surface area contributed by atoms with Crippen LogP contribution in [-0.4, -0.2) is 66.0 Å². The standard InChI is InChI=1S/C22H25N3O5S/c26-20(12-16-4-5-19-17(11-16)3-1-9-29-19)25-14-22(15-25)18(6-10-31(22,27)28)13-30-21-23-7-2-8-24-21/h2,4-5,7-8,11,18H,1,3,6,9-10,12-15H2/t18-/m1/s1. The summed E-state index contributed by atoms with van der Waals surface area (Å²) in [7, 11) is -3.29. The predicted molar refractivity (Wildman–Crippen MR) is 113 cm³/mol. The third-order valence-electron chi connectivity index (χ3n) is 6.65. The first-order chi connectivity index (χ1) is 15.0. The highest BCUT2D eigenvalue weighted by molar-refractivity contribution is 7.93. The fourth-order valence-electron chi connectivity index (χ4n) is 4.83. The van der Waals surface area contributed by atoms with Gasteiger partial charge in [-0.1, -0.05) is 12.1 Å². The van der Waals surface area contributed by atoms with Crippen LogP contribution in [0.1, 0.15) is 24.0 Å². The Kier molecular flexibility index (Phi) is 5.08. The van der Waals surface area contributed by atoms with E-state index < -0.39 is 14.6 Å². The Morgan fingerprint density at radius 3 is 2.87 bits per heavy atom. The van der Waals surface area contributed by atoms with Crippen molar-refractivity contribution in [1.29, 1.82) is 0 Å². The number of aryl methyl sites for hydroxylation is 1. The first kappa shape index (κ1) is 20.2. The summed E-state index contributed by atoms with van der Waals surface area (Å²) in [4.78, 5) is 22.6. The van der Waals surface area contributed by atoms with Gasteiger partial charge in [0.05, 0.1) is 25.4 Å². The van der Waals surface area contributed by atoms with Crippen molar-refractivity contribution >= 4 is 15.7 Å². The van der Waals surface area contributed by atoms with Gasteiger partial charge in [-0.05, 0) is 42.5 Å². The van der Waals surface area contributed by atoms with Crippen LogP contribution < -0.4 is 9.47 Å². The number of amides is 1. The van der Waals surface area contributed by atoms with Gasteiger partial charge in [-0.25, -0.2) is 18.4 Å².